The van der Waals surface area contributed by atoms with E-state index in [4.69, 9.17) is 0 Å². The average molecular weight is 297 g/mol. The molecule has 0 radical (unpaired) electrons. The summed E-state index contributed by atoms with van der Waals surface area (Å²) in [7, 11) is -3.44. The van der Waals surface area contributed by atoms with Gasteiger partial charge in [-0.05, 0) is 24.6 Å². The van der Waals surface area contributed by atoms with Gasteiger partial charge in [0.25, 0.3) is 0 Å². The van der Waals surface area contributed by atoms with Gasteiger partial charge >= 0.3 is 6.18 Å². The molecule has 8 heteroatoms. The van der Waals surface area contributed by atoms with Crippen molar-refractivity contribution in [3.05, 3.63) is 35.4 Å². The minimum Gasteiger partial charge on any atom is -0.387 e. The van der Waals surface area contributed by atoms with Crippen LogP contribution in [0.15, 0.2) is 24.3 Å². The first kappa shape index (κ1) is 15.9. The fraction of sp³-hybridized carbons (Fsp3) is 0.455. The largest absolute Gasteiger partial charge is 0.416 e. The molecule has 0 saturated carbocycles. The third-order valence-electron chi connectivity index (χ3n) is 2.50. The van der Waals surface area contributed by atoms with Crippen molar-refractivity contribution in [2.24, 2.45) is 0 Å². The summed E-state index contributed by atoms with van der Waals surface area (Å²) in [6.45, 7) is 1.16. The van der Waals surface area contributed by atoms with Crippen molar-refractivity contribution < 1.29 is 26.7 Å². The quantitative estimate of drug-likeness (QED) is 0.869. The van der Waals surface area contributed by atoms with Gasteiger partial charge < -0.3 is 5.11 Å². The Morgan fingerprint density at radius 2 is 1.79 bits per heavy atom. The van der Waals surface area contributed by atoms with Crippen LogP contribution in [-0.2, 0) is 16.2 Å². The van der Waals surface area contributed by atoms with E-state index in [-0.39, 0.29) is 17.9 Å². The Morgan fingerprint density at radius 1 is 1.26 bits per heavy atom. The second kappa shape index (κ2) is 5.89. The molecule has 19 heavy (non-hydrogen) atoms. The van der Waals surface area contributed by atoms with Crippen LogP contribution in [0.25, 0.3) is 0 Å². The van der Waals surface area contributed by atoms with E-state index in [1.807, 2.05) is 0 Å². The Bertz CT molecular complexity index is 511. The number of alkyl halides is 3. The monoisotopic (exact) mass is 297 g/mol. The van der Waals surface area contributed by atoms with Crippen LogP contribution < -0.4 is 4.72 Å². The van der Waals surface area contributed by atoms with E-state index in [2.05, 4.69) is 4.72 Å². The molecule has 0 heterocycles. The molecule has 1 aromatic rings. The Hall–Kier alpha value is -1.12. The molecule has 0 aliphatic carbocycles. The molecule has 0 aromatic heterocycles. The number of sulfonamides is 1. The van der Waals surface area contributed by atoms with Crippen LogP contribution in [0.1, 0.15) is 24.2 Å². The maximum absolute atomic E-state index is 12.3. The first-order valence-electron chi connectivity index (χ1n) is 5.48. The van der Waals surface area contributed by atoms with Gasteiger partial charge in [0.15, 0.2) is 0 Å². The molecule has 1 aromatic carbocycles. The summed E-state index contributed by atoms with van der Waals surface area (Å²) in [5.41, 5.74) is -0.607. The summed E-state index contributed by atoms with van der Waals surface area (Å²) >= 11 is 0. The lowest BCUT2D eigenvalue weighted by Crippen LogP contribution is -2.29. The zero-order valence-electron chi connectivity index (χ0n) is 10.1. The summed E-state index contributed by atoms with van der Waals surface area (Å²) in [5.74, 6) is -0.132. The molecular weight excluding hydrogens is 283 g/mol. The maximum atomic E-state index is 12.3. The Labute approximate surface area is 109 Å². The van der Waals surface area contributed by atoms with E-state index in [1.54, 1.807) is 0 Å². The first-order valence-corrected chi connectivity index (χ1v) is 7.13. The zero-order chi connectivity index (χ0) is 14.7. The molecule has 1 rings (SSSR count). The second-order valence-corrected chi connectivity index (χ2v) is 5.98. The summed E-state index contributed by atoms with van der Waals surface area (Å²) < 4.78 is 61.4. The molecular formula is C11H14F3NO3S. The number of rotatable bonds is 5. The van der Waals surface area contributed by atoms with Gasteiger partial charge in [0.05, 0.1) is 17.4 Å². The zero-order valence-corrected chi connectivity index (χ0v) is 10.9. The molecule has 0 aliphatic rings. The Morgan fingerprint density at radius 3 is 2.21 bits per heavy atom. The van der Waals surface area contributed by atoms with Crippen molar-refractivity contribution >= 4 is 10.0 Å². The minimum atomic E-state index is -4.44. The molecule has 0 spiro atoms. The summed E-state index contributed by atoms with van der Waals surface area (Å²) in [4.78, 5) is 0. The maximum Gasteiger partial charge on any atom is 0.416 e. The van der Waals surface area contributed by atoms with Crippen LogP contribution >= 0.6 is 0 Å². The molecule has 1 unspecified atom stereocenters. The molecule has 0 aliphatic heterocycles. The van der Waals surface area contributed by atoms with Crippen LogP contribution in [0.2, 0.25) is 0 Å². The van der Waals surface area contributed by atoms with E-state index >= 15 is 0 Å². The fourth-order valence-electron chi connectivity index (χ4n) is 1.32. The van der Waals surface area contributed by atoms with Crippen molar-refractivity contribution in [3.63, 3.8) is 0 Å². The molecule has 1 atom stereocenters. The third kappa shape index (κ3) is 4.81. The van der Waals surface area contributed by atoms with Gasteiger partial charge in [-0.3, -0.25) is 0 Å². The molecule has 0 fully saturated rings. The van der Waals surface area contributed by atoms with Crippen LogP contribution in [0, 0.1) is 0 Å². The highest BCUT2D eigenvalue weighted by molar-refractivity contribution is 7.89. The number of halogens is 3. The van der Waals surface area contributed by atoms with Gasteiger partial charge in [-0.2, -0.15) is 13.2 Å². The summed E-state index contributed by atoms with van der Waals surface area (Å²) in [6.07, 6.45) is -5.63. The SMILES string of the molecule is CCS(=O)(=O)NCC(O)c1ccc(C(F)(F)F)cc1. The van der Waals surface area contributed by atoms with Crippen molar-refractivity contribution in [2.75, 3.05) is 12.3 Å². The smallest absolute Gasteiger partial charge is 0.387 e. The number of nitrogens with one attached hydrogen (secondary N) is 1. The predicted octanol–water partition coefficient (Wildman–Crippen LogP) is 1.68. The molecule has 0 amide bonds. The van der Waals surface area contributed by atoms with Crippen LogP contribution in [0.5, 0.6) is 0 Å². The summed E-state index contributed by atoms with van der Waals surface area (Å²) in [6, 6.07) is 3.92. The number of aliphatic hydroxyl groups is 1. The highest BCUT2D eigenvalue weighted by atomic mass is 32.2. The van der Waals surface area contributed by atoms with Gasteiger partial charge in [0.1, 0.15) is 0 Å². The second-order valence-electron chi connectivity index (χ2n) is 3.89. The van der Waals surface area contributed by atoms with Crippen molar-refractivity contribution in [1.82, 2.24) is 4.72 Å². The first-order chi connectivity index (χ1) is 8.65. The van der Waals surface area contributed by atoms with E-state index in [0.29, 0.717) is 0 Å². The van der Waals surface area contributed by atoms with Crippen LogP contribution in [0.4, 0.5) is 13.2 Å². The van der Waals surface area contributed by atoms with Crippen LogP contribution in [-0.4, -0.2) is 25.8 Å². The molecule has 108 valence electrons. The van der Waals surface area contributed by atoms with Crippen molar-refractivity contribution in [3.8, 4) is 0 Å². The van der Waals surface area contributed by atoms with Gasteiger partial charge in [-0.1, -0.05) is 12.1 Å². The number of hydrogen-bond donors (Lipinski definition) is 2. The van der Waals surface area contributed by atoms with E-state index in [0.717, 1.165) is 24.3 Å². The van der Waals surface area contributed by atoms with E-state index in [9.17, 15) is 26.7 Å². The van der Waals surface area contributed by atoms with Gasteiger partial charge in [-0.15, -0.1) is 0 Å². The highest BCUT2D eigenvalue weighted by Crippen LogP contribution is 2.29. The van der Waals surface area contributed by atoms with Crippen molar-refractivity contribution in [2.45, 2.75) is 19.2 Å². The van der Waals surface area contributed by atoms with Gasteiger partial charge in [0.2, 0.25) is 10.0 Å². The third-order valence-corrected chi connectivity index (χ3v) is 3.87. The molecule has 0 bridgehead atoms. The fourth-order valence-corrected chi connectivity index (χ4v) is 1.94. The number of benzene rings is 1. The van der Waals surface area contributed by atoms with E-state index < -0.39 is 27.9 Å². The van der Waals surface area contributed by atoms with Crippen LogP contribution in [0.3, 0.4) is 0 Å². The molecule has 2 N–H and O–H groups in total. The Kier molecular flexibility index (Phi) is 4.94. The topological polar surface area (TPSA) is 66.4 Å². The number of aliphatic hydroxyl groups excluding tert-OH is 1. The normalized spacial score (nSPS) is 14.4. The predicted molar refractivity (Wildman–Crippen MR) is 63.9 cm³/mol. The standard InChI is InChI=1S/C11H14F3NO3S/c1-2-19(17,18)15-7-10(16)8-3-5-9(6-4-8)11(12,13)14/h3-6,10,15-16H,2,7H2,1H3. The molecule has 0 saturated heterocycles. The average Bonchev–Trinajstić information content (AvgIpc) is 2.35. The summed E-state index contributed by atoms with van der Waals surface area (Å²) in [5, 5.41) is 9.66. The molecule has 4 nitrogen and oxygen atoms in total. The minimum absolute atomic E-state index is 0.132. The highest BCUT2D eigenvalue weighted by Gasteiger charge is 2.30. The van der Waals surface area contributed by atoms with Gasteiger partial charge in [0, 0.05) is 6.54 Å². The Balaban J connectivity index is 2.71. The van der Waals surface area contributed by atoms with E-state index in [1.165, 1.54) is 6.92 Å². The lowest BCUT2D eigenvalue weighted by molar-refractivity contribution is -0.137. The number of hydrogen-bond acceptors (Lipinski definition) is 3. The van der Waals surface area contributed by atoms with Gasteiger partial charge in [-0.25, -0.2) is 13.1 Å². The van der Waals surface area contributed by atoms with Crippen molar-refractivity contribution in [1.29, 1.82) is 0 Å². The lowest BCUT2D eigenvalue weighted by Gasteiger charge is -2.13. The lowest BCUT2D eigenvalue weighted by atomic mass is 10.1.